The van der Waals surface area contributed by atoms with Gasteiger partial charge in [-0.05, 0) is 25.7 Å². The van der Waals surface area contributed by atoms with E-state index in [2.05, 4.69) is 17.2 Å². The summed E-state index contributed by atoms with van der Waals surface area (Å²) >= 11 is 0. The first-order chi connectivity index (χ1) is 6.24. The van der Waals surface area contributed by atoms with Gasteiger partial charge in [-0.25, -0.2) is 0 Å². The SMILES string of the molecule is CN=C(N)NC(C)C1CCCCC1. The van der Waals surface area contributed by atoms with E-state index in [1.165, 1.54) is 32.1 Å². The zero-order valence-electron chi connectivity index (χ0n) is 8.71. The third-order valence-electron chi connectivity index (χ3n) is 2.97. The van der Waals surface area contributed by atoms with Crippen LogP contribution in [0, 0.1) is 5.92 Å². The van der Waals surface area contributed by atoms with Crippen molar-refractivity contribution in [2.24, 2.45) is 16.6 Å². The Labute approximate surface area is 80.8 Å². The molecule has 13 heavy (non-hydrogen) atoms. The smallest absolute Gasteiger partial charge is 0.188 e. The van der Waals surface area contributed by atoms with E-state index >= 15 is 0 Å². The van der Waals surface area contributed by atoms with Gasteiger partial charge in [0.25, 0.3) is 0 Å². The molecule has 0 heterocycles. The predicted molar refractivity (Wildman–Crippen MR) is 56.7 cm³/mol. The third kappa shape index (κ3) is 3.25. The summed E-state index contributed by atoms with van der Waals surface area (Å²) in [4.78, 5) is 3.91. The molecule has 0 aromatic rings. The van der Waals surface area contributed by atoms with Crippen molar-refractivity contribution in [2.45, 2.75) is 45.1 Å². The van der Waals surface area contributed by atoms with Gasteiger partial charge in [0.1, 0.15) is 0 Å². The van der Waals surface area contributed by atoms with Crippen LogP contribution in [0.4, 0.5) is 0 Å². The second-order valence-corrected chi connectivity index (χ2v) is 3.94. The van der Waals surface area contributed by atoms with Gasteiger partial charge in [0.15, 0.2) is 5.96 Å². The maximum absolute atomic E-state index is 5.62. The lowest BCUT2D eigenvalue weighted by molar-refractivity contribution is 0.301. The van der Waals surface area contributed by atoms with E-state index in [1.807, 2.05) is 0 Å². The number of nitrogens with zero attached hydrogens (tertiary/aromatic N) is 1. The first-order valence-corrected chi connectivity index (χ1v) is 5.23. The molecule has 0 radical (unpaired) electrons. The van der Waals surface area contributed by atoms with Gasteiger partial charge < -0.3 is 11.1 Å². The molecule has 1 unspecified atom stereocenters. The van der Waals surface area contributed by atoms with Crippen molar-refractivity contribution in [1.82, 2.24) is 5.32 Å². The quantitative estimate of drug-likeness (QED) is 0.503. The average Bonchev–Trinajstić information content (AvgIpc) is 2.19. The molecule has 3 nitrogen and oxygen atoms in total. The number of nitrogens with one attached hydrogen (secondary N) is 1. The van der Waals surface area contributed by atoms with E-state index in [-0.39, 0.29) is 0 Å². The van der Waals surface area contributed by atoms with Gasteiger partial charge in [-0.3, -0.25) is 4.99 Å². The van der Waals surface area contributed by atoms with Crippen molar-refractivity contribution in [1.29, 1.82) is 0 Å². The minimum Gasteiger partial charge on any atom is -0.370 e. The molecule has 3 heteroatoms. The van der Waals surface area contributed by atoms with Crippen LogP contribution < -0.4 is 11.1 Å². The lowest BCUT2D eigenvalue weighted by Crippen LogP contribution is -2.42. The molecule has 0 aliphatic heterocycles. The molecule has 1 saturated carbocycles. The number of hydrogen-bond donors (Lipinski definition) is 2. The van der Waals surface area contributed by atoms with Crippen LogP contribution in [0.5, 0.6) is 0 Å². The van der Waals surface area contributed by atoms with Crippen LogP contribution >= 0.6 is 0 Å². The Morgan fingerprint density at radius 3 is 2.54 bits per heavy atom. The zero-order chi connectivity index (χ0) is 9.68. The molecule has 0 amide bonds. The summed E-state index contributed by atoms with van der Waals surface area (Å²) in [6, 6.07) is 0.476. The van der Waals surface area contributed by atoms with Gasteiger partial charge in [0.2, 0.25) is 0 Å². The Morgan fingerprint density at radius 2 is 2.00 bits per heavy atom. The van der Waals surface area contributed by atoms with Gasteiger partial charge in [-0.2, -0.15) is 0 Å². The molecule has 1 aliphatic rings. The van der Waals surface area contributed by atoms with Gasteiger partial charge in [0, 0.05) is 13.1 Å². The maximum atomic E-state index is 5.62. The van der Waals surface area contributed by atoms with Gasteiger partial charge >= 0.3 is 0 Å². The number of aliphatic imine (C=N–C) groups is 1. The van der Waals surface area contributed by atoms with E-state index in [4.69, 9.17) is 5.73 Å². The van der Waals surface area contributed by atoms with Crippen LogP contribution in [0.3, 0.4) is 0 Å². The van der Waals surface area contributed by atoms with Crippen LogP contribution in [0.1, 0.15) is 39.0 Å². The summed E-state index contributed by atoms with van der Waals surface area (Å²) in [7, 11) is 1.72. The minimum atomic E-state index is 0.476. The average molecular weight is 183 g/mol. The van der Waals surface area contributed by atoms with E-state index in [1.54, 1.807) is 7.05 Å². The molecule has 0 bridgehead atoms. The molecule has 3 N–H and O–H groups in total. The summed E-state index contributed by atoms with van der Waals surface area (Å²) in [5.74, 6) is 1.35. The van der Waals surface area contributed by atoms with Crippen molar-refractivity contribution in [2.75, 3.05) is 7.05 Å². The summed E-state index contributed by atoms with van der Waals surface area (Å²) in [5, 5.41) is 3.23. The number of hydrogen-bond acceptors (Lipinski definition) is 1. The molecule has 1 aliphatic carbocycles. The van der Waals surface area contributed by atoms with Gasteiger partial charge in [-0.15, -0.1) is 0 Å². The fourth-order valence-corrected chi connectivity index (χ4v) is 2.05. The van der Waals surface area contributed by atoms with Gasteiger partial charge in [-0.1, -0.05) is 19.3 Å². The second-order valence-electron chi connectivity index (χ2n) is 3.94. The molecular weight excluding hydrogens is 162 g/mol. The molecule has 76 valence electrons. The summed E-state index contributed by atoms with van der Waals surface area (Å²) in [6.07, 6.45) is 6.83. The largest absolute Gasteiger partial charge is 0.370 e. The van der Waals surface area contributed by atoms with Crippen molar-refractivity contribution in [3.63, 3.8) is 0 Å². The Kier molecular flexibility index (Phi) is 4.06. The maximum Gasteiger partial charge on any atom is 0.188 e. The lowest BCUT2D eigenvalue weighted by atomic mass is 9.85. The van der Waals surface area contributed by atoms with Gasteiger partial charge in [0.05, 0.1) is 0 Å². The van der Waals surface area contributed by atoms with Crippen molar-refractivity contribution in [3.8, 4) is 0 Å². The Balaban J connectivity index is 2.32. The predicted octanol–water partition coefficient (Wildman–Crippen LogP) is 1.49. The Morgan fingerprint density at radius 1 is 1.38 bits per heavy atom. The molecule has 1 atom stereocenters. The van der Waals surface area contributed by atoms with Crippen LogP contribution in [0.2, 0.25) is 0 Å². The fraction of sp³-hybridized carbons (Fsp3) is 0.900. The van der Waals surface area contributed by atoms with Crippen LogP contribution in [-0.2, 0) is 0 Å². The summed E-state index contributed by atoms with van der Waals surface area (Å²) < 4.78 is 0. The highest BCUT2D eigenvalue weighted by atomic mass is 15.1. The summed E-state index contributed by atoms with van der Waals surface area (Å²) in [5.41, 5.74) is 5.62. The lowest BCUT2D eigenvalue weighted by Gasteiger charge is -2.28. The minimum absolute atomic E-state index is 0.476. The molecule has 0 aromatic heterocycles. The highest BCUT2D eigenvalue weighted by Crippen LogP contribution is 2.26. The standard InChI is InChI=1S/C10H21N3/c1-8(13-10(11)12-2)9-6-4-3-5-7-9/h8-9H,3-7H2,1-2H3,(H3,11,12,13). The third-order valence-corrected chi connectivity index (χ3v) is 2.97. The van der Waals surface area contributed by atoms with E-state index in [0.717, 1.165) is 5.92 Å². The molecule has 0 saturated heterocycles. The normalized spacial score (nSPS) is 22.8. The highest BCUT2D eigenvalue weighted by molar-refractivity contribution is 5.77. The Bertz CT molecular complexity index is 171. The highest BCUT2D eigenvalue weighted by Gasteiger charge is 2.19. The zero-order valence-corrected chi connectivity index (χ0v) is 8.71. The van der Waals surface area contributed by atoms with Crippen LogP contribution in [0.25, 0.3) is 0 Å². The number of rotatable bonds is 2. The summed E-state index contributed by atoms with van der Waals surface area (Å²) in [6.45, 7) is 2.20. The van der Waals surface area contributed by atoms with Crippen LogP contribution in [-0.4, -0.2) is 19.0 Å². The molecule has 0 aromatic carbocycles. The molecule has 1 rings (SSSR count). The van der Waals surface area contributed by atoms with Crippen LogP contribution in [0.15, 0.2) is 4.99 Å². The molecular formula is C10H21N3. The topological polar surface area (TPSA) is 50.4 Å². The molecule has 1 fully saturated rings. The van der Waals surface area contributed by atoms with E-state index in [0.29, 0.717) is 12.0 Å². The monoisotopic (exact) mass is 183 g/mol. The van der Waals surface area contributed by atoms with Crippen molar-refractivity contribution < 1.29 is 0 Å². The van der Waals surface area contributed by atoms with E-state index in [9.17, 15) is 0 Å². The number of nitrogens with two attached hydrogens (primary N) is 1. The number of guanidine groups is 1. The second kappa shape index (κ2) is 5.10. The van der Waals surface area contributed by atoms with E-state index < -0.39 is 0 Å². The molecule has 0 spiro atoms. The first-order valence-electron chi connectivity index (χ1n) is 5.23. The first kappa shape index (κ1) is 10.4. The van der Waals surface area contributed by atoms with Crippen molar-refractivity contribution in [3.05, 3.63) is 0 Å². The fourth-order valence-electron chi connectivity index (χ4n) is 2.05. The van der Waals surface area contributed by atoms with Crippen molar-refractivity contribution >= 4 is 5.96 Å². The Hall–Kier alpha value is -0.730.